The first-order valence-corrected chi connectivity index (χ1v) is 8.87. The molecule has 5 nitrogen and oxygen atoms in total. The predicted octanol–water partition coefficient (Wildman–Crippen LogP) is 3.85. The summed E-state index contributed by atoms with van der Waals surface area (Å²) in [7, 11) is 0. The van der Waals surface area contributed by atoms with Gasteiger partial charge in [0.2, 0.25) is 5.89 Å². The van der Waals surface area contributed by atoms with E-state index in [9.17, 15) is 4.79 Å². The molecule has 0 N–H and O–H groups in total. The van der Waals surface area contributed by atoms with Gasteiger partial charge in [-0.3, -0.25) is 4.79 Å². The van der Waals surface area contributed by atoms with Crippen LogP contribution in [0.25, 0.3) is 50.9 Å². The highest BCUT2D eigenvalue weighted by Gasteiger charge is 2.12. The molecule has 0 radical (unpaired) electrons. The van der Waals surface area contributed by atoms with Crippen molar-refractivity contribution in [2.75, 3.05) is 0 Å². The first kappa shape index (κ1) is 15.1. The van der Waals surface area contributed by atoms with Crippen LogP contribution >= 0.6 is 0 Å². The minimum Gasteiger partial charge on any atom is -0.456 e. The molecule has 6 rings (SSSR count). The van der Waals surface area contributed by atoms with Gasteiger partial charge in [-0.2, -0.15) is 0 Å². The summed E-state index contributed by atoms with van der Waals surface area (Å²) in [4.78, 5) is 20.0. The maximum absolute atomic E-state index is 11.5. The van der Waals surface area contributed by atoms with E-state index in [0.717, 1.165) is 44.2 Å². The van der Waals surface area contributed by atoms with Crippen molar-refractivity contribution in [2.24, 2.45) is 4.99 Å². The lowest BCUT2D eigenvalue weighted by Crippen LogP contribution is -2.20. The van der Waals surface area contributed by atoms with E-state index in [0.29, 0.717) is 11.2 Å². The molecule has 3 heterocycles. The van der Waals surface area contributed by atoms with Crippen molar-refractivity contribution < 1.29 is 13.6 Å². The minimum atomic E-state index is -0.222. The highest BCUT2D eigenvalue weighted by molar-refractivity contribution is 6.06. The zero-order valence-electron chi connectivity index (χ0n) is 14.5. The number of oxazole rings is 1. The quantitative estimate of drug-likeness (QED) is 0.477. The van der Waals surface area contributed by atoms with Gasteiger partial charge in [0.15, 0.2) is 5.58 Å². The molecule has 0 spiro atoms. The van der Waals surface area contributed by atoms with E-state index in [4.69, 9.17) is 8.83 Å². The normalized spacial score (nSPS) is 12.9. The van der Waals surface area contributed by atoms with Gasteiger partial charge in [-0.05, 0) is 54.6 Å². The predicted molar refractivity (Wildman–Crippen MR) is 105 cm³/mol. The Balaban J connectivity index is 1.46. The fraction of sp³-hybridized carbons (Fsp3) is 0. The van der Waals surface area contributed by atoms with Gasteiger partial charge in [0.25, 0.3) is 5.91 Å². The van der Waals surface area contributed by atoms with Crippen molar-refractivity contribution in [1.29, 1.82) is 0 Å². The third-order valence-corrected chi connectivity index (χ3v) is 4.88. The summed E-state index contributed by atoms with van der Waals surface area (Å²) in [5.41, 5.74) is 4.17. The highest BCUT2D eigenvalue weighted by atomic mass is 16.3. The average molecular weight is 364 g/mol. The van der Waals surface area contributed by atoms with Gasteiger partial charge in [-0.1, -0.05) is 12.1 Å². The Labute approximate surface area is 158 Å². The third-order valence-electron chi connectivity index (χ3n) is 4.88. The van der Waals surface area contributed by atoms with Gasteiger partial charge in [0.05, 0.1) is 5.36 Å². The van der Waals surface area contributed by atoms with E-state index < -0.39 is 0 Å². The molecule has 3 aromatic carbocycles. The first-order chi connectivity index (χ1) is 13.7. The summed E-state index contributed by atoms with van der Waals surface area (Å²) in [6.45, 7) is 0. The molecule has 5 aromatic rings. The molecule has 1 amide bonds. The van der Waals surface area contributed by atoms with E-state index in [1.54, 1.807) is 0 Å². The van der Waals surface area contributed by atoms with Crippen molar-refractivity contribution in [2.45, 2.75) is 0 Å². The number of rotatable bonds is 2. The number of hydrogen-bond donors (Lipinski definition) is 0. The number of amides is 1. The fourth-order valence-electron chi connectivity index (χ4n) is 3.52. The number of furan rings is 1. The third kappa shape index (κ3) is 2.30. The van der Waals surface area contributed by atoms with Crippen LogP contribution in [0.1, 0.15) is 0 Å². The molecule has 0 fully saturated rings. The summed E-state index contributed by atoms with van der Waals surface area (Å²) in [5, 5.41) is 2.47. The Hall–Kier alpha value is -3.99. The maximum atomic E-state index is 11.5. The molecule has 0 saturated carbocycles. The number of carbonyl (C=O) groups excluding carboxylic acids is 1. The standard InChI is InChI=1S/C23H12N2O3/c26-22-12-15-9-13(5-7-17(15)24-22)21-11-16-10-14(6-8-19(16)27-21)23-25-18-3-1-2-4-20(18)28-23/h1-12H. The number of aromatic nitrogens is 1. The van der Waals surface area contributed by atoms with Crippen LogP contribution in [0, 0.1) is 0 Å². The molecule has 2 aromatic heterocycles. The lowest BCUT2D eigenvalue weighted by Gasteiger charge is -1.95. The van der Waals surface area contributed by atoms with Crippen molar-refractivity contribution in [3.8, 4) is 22.8 Å². The van der Waals surface area contributed by atoms with Crippen LogP contribution < -0.4 is 10.6 Å². The molecule has 0 unspecified atom stereocenters. The lowest BCUT2D eigenvalue weighted by molar-refractivity contribution is -0.112. The Bertz CT molecular complexity index is 1510. The molecule has 5 heteroatoms. The van der Waals surface area contributed by atoms with E-state index in [-0.39, 0.29) is 5.91 Å². The Kier molecular flexibility index (Phi) is 2.97. The summed E-state index contributed by atoms with van der Waals surface area (Å²) < 4.78 is 11.9. The van der Waals surface area contributed by atoms with E-state index >= 15 is 0 Å². The number of benzene rings is 3. The van der Waals surface area contributed by atoms with Crippen LogP contribution in [0.3, 0.4) is 0 Å². The summed E-state index contributed by atoms with van der Waals surface area (Å²) in [5.74, 6) is 1.10. The summed E-state index contributed by atoms with van der Waals surface area (Å²) in [6.07, 6.45) is 1.53. The van der Waals surface area contributed by atoms with E-state index in [2.05, 4.69) is 9.98 Å². The monoisotopic (exact) mass is 364 g/mol. The topological polar surface area (TPSA) is 68.6 Å². The number of hydrogen-bond acceptors (Lipinski definition) is 4. The largest absolute Gasteiger partial charge is 0.456 e. The molecule has 1 aliphatic rings. The fourth-order valence-corrected chi connectivity index (χ4v) is 3.52. The Morgan fingerprint density at radius 1 is 0.786 bits per heavy atom. The lowest BCUT2D eigenvalue weighted by atomic mass is 10.1. The summed E-state index contributed by atoms with van der Waals surface area (Å²) >= 11 is 0. The van der Waals surface area contributed by atoms with Crippen LogP contribution in [0.15, 0.2) is 80.6 Å². The number of carbonyl (C=O) groups is 1. The molecule has 0 saturated heterocycles. The smallest absolute Gasteiger partial charge is 0.270 e. The number of fused-ring (bicyclic) bond motifs is 3. The maximum Gasteiger partial charge on any atom is 0.270 e. The molecular formula is C23H12N2O3. The van der Waals surface area contributed by atoms with Crippen LogP contribution in [0.4, 0.5) is 0 Å². The van der Waals surface area contributed by atoms with Crippen molar-refractivity contribution in [1.82, 2.24) is 4.98 Å². The van der Waals surface area contributed by atoms with Crippen LogP contribution in [0.5, 0.6) is 0 Å². The van der Waals surface area contributed by atoms with Gasteiger partial charge in [-0.15, -0.1) is 0 Å². The van der Waals surface area contributed by atoms with Crippen molar-refractivity contribution in [3.05, 3.63) is 77.3 Å². The second kappa shape index (κ2) is 5.50. The second-order valence-corrected chi connectivity index (χ2v) is 6.72. The first-order valence-electron chi connectivity index (χ1n) is 8.87. The van der Waals surface area contributed by atoms with E-state index in [1.807, 2.05) is 66.7 Å². The van der Waals surface area contributed by atoms with Gasteiger partial charge >= 0.3 is 0 Å². The zero-order valence-corrected chi connectivity index (χ0v) is 14.5. The van der Waals surface area contributed by atoms with Crippen molar-refractivity contribution >= 4 is 34.1 Å². The molecule has 1 aliphatic heterocycles. The molecule has 0 aliphatic carbocycles. The molecule has 0 atom stereocenters. The van der Waals surface area contributed by atoms with Crippen LogP contribution in [0.2, 0.25) is 0 Å². The molecule has 28 heavy (non-hydrogen) atoms. The van der Waals surface area contributed by atoms with Crippen LogP contribution in [-0.4, -0.2) is 10.9 Å². The summed E-state index contributed by atoms with van der Waals surface area (Å²) in [6, 6.07) is 21.2. The average Bonchev–Trinajstić information content (AvgIpc) is 3.41. The molecular weight excluding hydrogens is 352 g/mol. The Morgan fingerprint density at radius 2 is 1.68 bits per heavy atom. The van der Waals surface area contributed by atoms with Gasteiger partial charge in [0, 0.05) is 27.8 Å². The number of para-hydroxylation sites is 2. The van der Waals surface area contributed by atoms with Gasteiger partial charge in [0.1, 0.15) is 16.9 Å². The van der Waals surface area contributed by atoms with Crippen molar-refractivity contribution in [3.63, 3.8) is 0 Å². The second-order valence-electron chi connectivity index (χ2n) is 6.72. The minimum absolute atomic E-state index is 0.222. The van der Waals surface area contributed by atoms with Gasteiger partial charge < -0.3 is 8.83 Å². The number of nitrogens with zero attached hydrogens (tertiary/aromatic N) is 2. The zero-order chi connectivity index (χ0) is 18.7. The highest BCUT2D eigenvalue weighted by Crippen LogP contribution is 2.31. The van der Waals surface area contributed by atoms with Crippen LogP contribution in [-0.2, 0) is 4.79 Å². The Morgan fingerprint density at radius 3 is 2.61 bits per heavy atom. The molecule has 132 valence electrons. The van der Waals surface area contributed by atoms with Gasteiger partial charge in [-0.25, -0.2) is 9.98 Å². The van der Waals surface area contributed by atoms with E-state index in [1.165, 1.54) is 6.08 Å². The SMILES string of the molecule is O=C1C=c2cc(-c3cc4cc(-c5nc6ccccc6o5)ccc4o3)ccc2=N1. The molecule has 0 bridgehead atoms.